The summed E-state index contributed by atoms with van der Waals surface area (Å²) in [5, 5.41) is 2.89. The molecule has 1 N–H and O–H groups in total. The quantitative estimate of drug-likeness (QED) is 0.859. The number of hydrogen-bond donors (Lipinski definition) is 1. The molecule has 5 nitrogen and oxygen atoms in total. The van der Waals surface area contributed by atoms with Gasteiger partial charge in [0.05, 0.1) is 0 Å². The van der Waals surface area contributed by atoms with Crippen LogP contribution in [0.2, 0.25) is 0 Å². The standard InChI is InChI=1S/C17H23N3O2/c1-2-19-10-12-20(13-11-19)16(22)17(8-9-17)15(21)18-14-6-4-3-5-7-14/h3-7H,2,8-13H2,1H3,(H,18,21). The van der Waals surface area contributed by atoms with Gasteiger partial charge in [-0.25, -0.2) is 0 Å². The molecule has 0 radical (unpaired) electrons. The minimum absolute atomic E-state index is 0.0108. The lowest BCUT2D eigenvalue weighted by Crippen LogP contribution is -2.52. The number of para-hydroxylation sites is 1. The number of rotatable bonds is 4. The van der Waals surface area contributed by atoms with Gasteiger partial charge in [-0.1, -0.05) is 25.1 Å². The average molecular weight is 301 g/mol. The minimum Gasteiger partial charge on any atom is -0.339 e. The van der Waals surface area contributed by atoms with E-state index in [4.69, 9.17) is 0 Å². The number of nitrogens with one attached hydrogen (secondary N) is 1. The number of hydrogen-bond acceptors (Lipinski definition) is 3. The van der Waals surface area contributed by atoms with Crippen molar-refractivity contribution in [2.45, 2.75) is 19.8 Å². The molecule has 22 heavy (non-hydrogen) atoms. The Kier molecular flexibility index (Phi) is 4.16. The van der Waals surface area contributed by atoms with E-state index in [-0.39, 0.29) is 11.8 Å². The fourth-order valence-corrected chi connectivity index (χ4v) is 3.01. The summed E-state index contributed by atoms with van der Waals surface area (Å²) < 4.78 is 0. The molecule has 2 fully saturated rings. The first-order chi connectivity index (χ1) is 10.7. The molecule has 2 amide bonds. The molecule has 0 spiro atoms. The Balaban J connectivity index is 1.63. The highest BCUT2D eigenvalue weighted by Crippen LogP contribution is 2.48. The topological polar surface area (TPSA) is 52.7 Å². The van der Waals surface area contributed by atoms with Crippen molar-refractivity contribution in [3.8, 4) is 0 Å². The zero-order chi connectivity index (χ0) is 15.6. The Labute approximate surface area is 131 Å². The van der Waals surface area contributed by atoms with E-state index in [1.165, 1.54) is 0 Å². The van der Waals surface area contributed by atoms with Crippen LogP contribution in [0.1, 0.15) is 19.8 Å². The second kappa shape index (κ2) is 6.08. The summed E-state index contributed by atoms with van der Waals surface area (Å²) in [5.74, 6) is -0.140. The third kappa shape index (κ3) is 2.86. The predicted molar refractivity (Wildman–Crippen MR) is 85.4 cm³/mol. The Morgan fingerprint density at radius 3 is 2.27 bits per heavy atom. The van der Waals surface area contributed by atoms with E-state index in [0.717, 1.165) is 38.4 Å². The zero-order valence-corrected chi connectivity index (χ0v) is 13.0. The summed E-state index contributed by atoms with van der Waals surface area (Å²) in [6, 6.07) is 9.35. The van der Waals surface area contributed by atoms with Crippen LogP contribution in [0.3, 0.4) is 0 Å². The summed E-state index contributed by atoms with van der Waals surface area (Å²) in [6.07, 6.45) is 1.33. The summed E-state index contributed by atoms with van der Waals surface area (Å²) in [5.41, 5.74) is -0.0631. The smallest absolute Gasteiger partial charge is 0.240 e. The van der Waals surface area contributed by atoms with E-state index in [9.17, 15) is 9.59 Å². The predicted octanol–water partition coefficient (Wildman–Crippen LogP) is 1.57. The minimum atomic E-state index is -0.815. The van der Waals surface area contributed by atoms with Crippen LogP contribution >= 0.6 is 0 Å². The molecule has 1 saturated heterocycles. The molecule has 0 atom stereocenters. The van der Waals surface area contributed by atoms with Gasteiger partial charge >= 0.3 is 0 Å². The van der Waals surface area contributed by atoms with Gasteiger partial charge in [-0.05, 0) is 31.5 Å². The molecule has 1 heterocycles. The monoisotopic (exact) mass is 301 g/mol. The van der Waals surface area contributed by atoms with Gasteiger partial charge in [0.15, 0.2) is 0 Å². The van der Waals surface area contributed by atoms with Crippen LogP contribution in [0, 0.1) is 5.41 Å². The van der Waals surface area contributed by atoms with E-state index >= 15 is 0 Å². The van der Waals surface area contributed by atoms with Crippen molar-refractivity contribution < 1.29 is 9.59 Å². The molecule has 2 aliphatic rings. The third-order valence-electron chi connectivity index (χ3n) is 4.73. The molecular formula is C17H23N3O2. The highest BCUT2D eigenvalue weighted by atomic mass is 16.2. The third-order valence-corrected chi connectivity index (χ3v) is 4.73. The lowest BCUT2D eigenvalue weighted by molar-refractivity contribution is -0.143. The molecule has 0 unspecified atom stereocenters. The number of amides is 2. The van der Waals surface area contributed by atoms with Gasteiger partial charge in [-0.15, -0.1) is 0 Å². The van der Waals surface area contributed by atoms with Crippen molar-refractivity contribution in [1.82, 2.24) is 9.80 Å². The molecule has 1 saturated carbocycles. The maximum Gasteiger partial charge on any atom is 0.240 e. The second-order valence-corrected chi connectivity index (χ2v) is 6.13. The van der Waals surface area contributed by atoms with E-state index in [1.54, 1.807) is 0 Å². The molecule has 0 aromatic heterocycles. The van der Waals surface area contributed by atoms with Crippen molar-refractivity contribution in [2.75, 3.05) is 38.0 Å². The van der Waals surface area contributed by atoms with Gasteiger partial charge < -0.3 is 15.1 Å². The van der Waals surface area contributed by atoms with Crippen LogP contribution in [-0.2, 0) is 9.59 Å². The number of piperazine rings is 1. The first-order valence-electron chi connectivity index (χ1n) is 8.04. The highest BCUT2D eigenvalue weighted by Gasteiger charge is 2.58. The number of nitrogens with zero attached hydrogens (tertiary/aromatic N) is 2. The number of carbonyl (C=O) groups is 2. The summed E-state index contributed by atoms with van der Waals surface area (Å²) in [4.78, 5) is 29.5. The lowest BCUT2D eigenvalue weighted by atomic mass is 10.0. The van der Waals surface area contributed by atoms with Crippen molar-refractivity contribution in [3.63, 3.8) is 0 Å². The lowest BCUT2D eigenvalue weighted by Gasteiger charge is -2.35. The van der Waals surface area contributed by atoms with Gasteiger partial charge in [-0.2, -0.15) is 0 Å². The van der Waals surface area contributed by atoms with Crippen LogP contribution in [0.4, 0.5) is 5.69 Å². The molecule has 1 aliphatic heterocycles. The van der Waals surface area contributed by atoms with E-state index in [1.807, 2.05) is 35.2 Å². The van der Waals surface area contributed by atoms with Gasteiger partial charge in [0.1, 0.15) is 5.41 Å². The number of benzene rings is 1. The van der Waals surface area contributed by atoms with Crippen LogP contribution in [0.5, 0.6) is 0 Å². The Bertz CT molecular complexity index is 546. The molecule has 3 rings (SSSR count). The first-order valence-corrected chi connectivity index (χ1v) is 8.04. The van der Waals surface area contributed by atoms with Crippen molar-refractivity contribution in [1.29, 1.82) is 0 Å². The van der Waals surface area contributed by atoms with Crippen molar-refractivity contribution in [2.24, 2.45) is 5.41 Å². The number of anilines is 1. The maximum absolute atomic E-state index is 12.8. The molecule has 5 heteroatoms. The van der Waals surface area contributed by atoms with Gasteiger partial charge in [-0.3, -0.25) is 9.59 Å². The Morgan fingerprint density at radius 2 is 1.73 bits per heavy atom. The van der Waals surface area contributed by atoms with Gasteiger partial charge in [0.2, 0.25) is 11.8 Å². The fourth-order valence-electron chi connectivity index (χ4n) is 3.01. The molecular weight excluding hydrogens is 278 g/mol. The number of carbonyl (C=O) groups excluding carboxylic acids is 2. The normalized spacial score (nSPS) is 20.5. The SMILES string of the molecule is CCN1CCN(C(=O)C2(C(=O)Nc3ccccc3)CC2)CC1. The summed E-state index contributed by atoms with van der Waals surface area (Å²) in [7, 11) is 0. The molecule has 0 bridgehead atoms. The average Bonchev–Trinajstić information content (AvgIpc) is 3.37. The van der Waals surface area contributed by atoms with Crippen LogP contribution in [0.25, 0.3) is 0 Å². The van der Waals surface area contributed by atoms with Crippen LogP contribution < -0.4 is 5.32 Å². The molecule has 1 aromatic carbocycles. The van der Waals surface area contributed by atoms with Crippen LogP contribution in [0.15, 0.2) is 30.3 Å². The maximum atomic E-state index is 12.8. The summed E-state index contributed by atoms with van der Waals surface area (Å²) in [6.45, 7) is 6.41. The Hall–Kier alpha value is -1.88. The first kappa shape index (κ1) is 15.0. The Morgan fingerprint density at radius 1 is 1.09 bits per heavy atom. The number of likely N-dealkylation sites (N-methyl/N-ethyl adjacent to an activating group) is 1. The summed E-state index contributed by atoms with van der Waals surface area (Å²) >= 11 is 0. The zero-order valence-electron chi connectivity index (χ0n) is 13.0. The van der Waals surface area contributed by atoms with Gasteiger partial charge in [0, 0.05) is 31.9 Å². The van der Waals surface area contributed by atoms with Gasteiger partial charge in [0.25, 0.3) is 0 Å². The van der Waals surface area contributed by atoms with E-state index in [2.05, 4.69) is 17.1 Å². The molecule has 1 aliphatic carbocycles. The second-order valence-electron chi connectivity index (χ2n) is 6.13. The fraction of sp³-hybridized carbons (Fsp3) is 0.529. The van der Waals surface area contributed by atoms with Crippen molar-refractivity contribution >= 4 is 17.5 Å². The molecule has 118 valence electrons. The largest absolute Gasteiger partial charge is 0.339 e. The van der Waals surface area contributed by atoms with Crippen LogP contribution in [-0.4, -0.2) is 54.3 Å². The van der Waals surface area contributed by atoms with E-state index in [0.29, 0.717) is 12.8 Å². The highest BCUT2D eigenvalue weighted by molar-refractivity contribution is 6.13. The van der Waals surface area contributed by atoms with Crippen molar-refractivity contribution in [3.05, 3.63) is 30.3 Å². The van der Waals surface area contributed by atoms with E-state index < -0.39 is 5.41 Å². The molecule has 1 aromatic rings.